The monoisotopic (exact) mass is 426 g/mol. The summed E-state index contributed by atoms with van der Waals surface area (Å²) in [5, 5.41) is 16.7. The van der Waals surface area contributed by atoms with Crippen LogP contribution >= 0.6 is 0 Å². The summed E-state index contributed by atoms with van der Waals surface area (Å²) in [6, 6.07) is 21.1. The van der Waals surface area contributed by atoms with E-state index in [1.54, 1.807) is 0 Å². The molecule has 29 heavy (non-hydrogen) atoms. The van der Waals surface area contributed by atoms with Crippen LogP contribution in [0.25, 0.3) is 0 Å². The van der Waals surface area contributed by atoms with E-state index in [1.807, 2.05) is 30.3 Å². The van der Waals surface area contributed by atoms with Crippen molar-refractivity contribution in [2.45, 2.75) is 16.0 Å². The number of hydrogen-bond acceptors (Lipinski definition) is 8. The highest BCUT2D eigenvalue weighted by molar-refractivity contribution is 7.79. The van der Waals surface area contributed by atoms with E-state index < -0.39 is 28.3 Å². The molecule has 2 atom stereocenters. The average Bonchev–Trinajstić information content (AvgIpc) is 2.75. The van der Waals surface area contributed by atoms with Crippen molar-refractivity contribution in [1.29, 1.82) is 0 Å². The minimum atomic E-state index is -2.30. The van der Waals surface area contributed by atoms with Gasteiger partial charge in [-0.25, -0.2) is 0 Å². The van der Waals surface area contributed by atoms with E-state index in [0.29, 0.717) is 11.4 Å². The fourth-order valence-electron chi connectivity index (χ4n) is 2.27. The molecule has 10 heteroatoms. The van der Waals surface area contributed by atoms with Crippen LogP contribution in [0, 0.1) is 0 Å². The summed E-state index contributed by atoms with van der Waals surface area (Å²) in [4.78, 5) is 0.316. The van der Waals surface area contributed by atoms with E-state index in [9.17, 15) is 17.5 Å². The molecule has 0 spiro atoms. The van der Waals surface area contributed by atoms with Crippen molar-refractivity contribution in [3.63, 3.8) is 0 Å². The number of rotatable bonds is 7. The third-order valence-electron chi connectivity index (χ3n) is 3.72. The second kappa shape index (κ2) is 10.0. The highest BCUT2D eigenvalue weighted by Crippen LogP contribution is 2.25. The van der Waals surface area contributed by atoms with Crippen LogP contribution in [-0.2, 0) is 22.2 Å². The summed E-state index contributed by atoms with van der Waals surface area (Å²) in [6.45, 7) is 0. The maximum Gasteiger partial charge on any atom is 0.206 e. The summed E-state index contributed by atoms with van der Waals surface area (Å²) < 4.78 is 43.7. The largest absolute Gasteiger partial charge is 0.768 e. The molecule has 0 heterocycles. The highest BCUT2D eigenvalue weighted by Gasteiger charge is 2.08. The van der Waals surface area contributed by atoms with Gasteiger partial charge in [0.2, 0.25) is 6.17 Å². The lowest BCUT2D eigenvalue weighted by atomic mass is 10.2. The van der Waals surface area contributed by atoms with Crippen LogP contribution in [0.15, 0.2) is 109 Å². The maximum atomic E-state index is 10.9. The molecule has 0 aliphatic carbocycles. The molecule has 0 radical (unpaired) electrons. The van der Waals surface area contributed by atoms with Gasteiger partial charge in [-0.2, -0.15) is 20.5 Å². The summed E-state index contributed by atoms with van der Waals surface area (Å²) >= 11 is -4.61. The predicted molar refractivity (Wildman–Crippen MR) is 105 cm³/mol. The molecule has 3 rings (SSSR count). The van der Waals surface area contributed by atoms with Gasteiger partial charge < -0.3 is 9.11 Å². The Bertz CT molecular complexity index is 988. The van der Waals surface area contributed by atoms with Crippen molar-refractivity contribution in [1.82, 2.24) is 0 Å². The van der Waals surface area contributed by atoms with Crippen molar-refractivity contribution in [3.05, 3.63) is 84.4 Å². The van der Waals surface area contributed by atoms with Crippen LogP contribution < -0.4 is 0 Å². The Hall–Kier alpha value is -2.92. The fraction of sp³-hybridized carbons (Fsp3) is 0.0526. The first kappa shape index (κ1) is 20.8. The number of azo groups is 2. The lowest BCUT2D eigenvalue weighted by Gasteiger charge is -2.07. The van der Waals surface area contributed by atoms with E-state index >= 15 is 0 Å². The van der Waals surface area contributed by atoms with Crippen molar-refractivity contribution >= 4 is 33.5 Å². The zero-order valence-electron chi connectivity index (χ0n) is 14.8. The molecule has 0 bridgehead atoms. The Balaban J connectivity index is 1.83. The topological polar surface area (TPSA) is 130 Å². The Labute approximate surface area is 172 Å². The molecule has 2 unspecified atom stereocenters. The summed E-state index contributed by atoms with van der Waals surface area (Å²) in [5.74, 6) is 0. The van der Waals surface area contributed by atoms with Crippen LogP contribution in [0.1, 0.15) is 11.7 Å². The Kier molecular flexibility index (Phi) is 7.19. The van der Waals surface area contributed by atoms with E-state index in [4.69, 9.17) is 0 Å². The normalized spacial score (nSPS) is 14.8. The maximum absolute atomic E-state index is 10.9. The smallest absolute Gasteiger partial charge is 0.206 e. The Morgan fingerprint density at radius 3 is 1.41 bits per heavy atom. The molecule has 0 aliphatic rings. The molecule has 148 valence electrons. The van der Waals surface area contributed by atoms with Crippen molar-refractivity contribution in [3.8, 4) is 0 Å². The van der Waals surface area contributed by atoms with Crippen molar-refractivity contribution < 1.29 is 17.5 Å². The number of benzene rings is 3. The molecule has 0 aliphatic heterocycles. The van der Waals surface area contributed by atoms with Crippen molar-refractivity contribution in [2.24, 2.45) is 20.5 Å². The van der Waals surface area contributed by atoms with E-state index in [0.717, 1.165) is 5.56 Å². The zero-order chi connectivity index (χ0) is 20.6. The highest BCUT2D eigenvalue weighted by atomic mass is 32.2. The van der Waals surface area contributed by atoms with Gasteiger partial charge in [-0.1, -0.05) is 30.3 Å². The molecule has 0 saturated heterocycles. The molecular formula is C19H14N4O4S2-2. The number of hydrogen-bond donors (Lipinski definition) is 0. The SMILES string of the molecule is O=S([O-])c1ccc(N=NC(N=Nc2ccc(S(=O)[O-])cc2)c2ccccc2)cc1. The molecule has 0 N–H and O–H groups in total. The first-order valence-electron chi connectivity index (χ1n) is 8.28. The quantitative estimate of drug-likeness (QED) is 0.399. The van der Waals surface area contributed by atoms with E-state index in [-0.39, 0.29) is 9.79 Å². The predicted octanol–water partition coefficient (Wildman–Crippen LogP) is 4.73. The molecule has 3 aromatic carbocycles. The first-order chi connectivity index (χ1) is 14.0. The van der Waals surface area contributed by atoms with Gasteiger partial charge in [0, 0.05) is 15.4 Å². The van der Waals surface area contributed by atoms with Gasteiger partial charge in [0.15, 0.2) is 0 Å². The Morgan fingerprint density at radius 1 is 0.621 bits per heavy atom. The third kappa shape index (κ3) is 6.03. The van der Waals surface area contributed by atoms with Crippen LogP contribution in [-0.4, -0.2) is 17.5 Å². The molecular weight excluding hydrogens is 412 g/mol. The second-order valence-corrected chi connectivity index (χ2v) is 7.55. The summed E-state index contributed by atoms with van der Waals surface area (Å²) in [7, 11) is 0. The fourth-order valence-corrected chi connectivity index (χ4v) is 2.99. The molecule has 0 fully saturated rings. The summed E-state index contributed by atoms with van der Waals surface area (Å²) in [6.07, 6.45) is -0.724. The van der Waals surface area contributed by atoms with E-state index in [1.165, 1.54) is 48.5 Å². The van der Waals surface area contributed by atoms with Crippen LogP contribution in [0.3, 0.4) is 0 Å². The first-order valence-corrected chi connectivity index (χ1v) is 10.4. The molecule has 0 saturated carbocycles. The second-order valence-electron chi connectivity index (χ2n) is 5.67. The molecule has 0 amide bonds. The standard InChI is InChI=1S/C19H16N4O4S2/c24-28(25)17-10-6-15(7-11-17)20-22-19(14-4-2-1-3-5-14)23-21-16-8-12-18(13-9-16)29(26)27/h1-13,19H,(H,24,25)(H,26,27)/p-2. The Morgan fingerprint density at radius 2 is 1.03 bits per heavy atom. The van der Waals surface area contributed by atoms with Gasteiger partial charge >= 0.3 is 0 Å². The number of nitrogens with zero attached hydrogens (tertiary/aromatic N) is 4. The molecule has 8 nitrogen and oxygen atoms in total. The zero-order valence-corrected chi connectivity index (χ0v) is 16.5. The van der Waals surface area contributed by atoms with Crippen molar-refractivity contribution in [2.75, 3.05) is 0 Å². The van der Waals surface area contributed by atoms with Crippen LogP contribution in [0.5, 0.6) is 0 Å². The summed E-state index contributed by atoms with van der Waals surface area (Å²) in [5.41, 5.74) is 1.70. The lowest BCUT2D eigenvalue weighted by Crippen LogP contribution is -1.90. The van der Waals surface area contributed by atoms with Gasteiger partial charge in [0.05, 0.1) is 11.4 Å². The van der Waals surface area contributed by atoms with Gasteiger partial charge in [-0.15, -0.1) is 0 Å². The lowest BCUT2D eigenvalue weighted by molar-refractivity contribution is 0.535. The van der Waals surface area contributed by atoms with Gasteiger partial charge in [0.25, 0.3) is 0 Å². The molecule has 0 aromatic heterocycles. The average molecular weight is 426 g/mol. The third-order valence-corrected chi connectivity index (χ3v) is 5.04. The van der Waals surface area contributed by atoms with Gasteiger partial charge in [0.1, 0.15) is 0 Å². The van der Waals surface area contributed by atoms with Gasteiger partial charge in [-0.05, 0) is 70.7 Å². The van der Waals surface area contributed by atoms with Crippen LogP contribution in [0.4, 0.5) is 11.4 Å². The minimum absolute atomic E-state index is 0.158. The molecule has 3 aromatic rings. The van der Waals surface area contributed by atoms with Crippen LogP contribution in [0.2, 0.25) is 0 Å². The van der Waals surface area contributed by atoms with E-state index in [2.05, 4.69) is 20.5 Å². The minimum Gasteiger partial charge on any atom is -0.768 e. The van der Waals surface area contributed by atoms with Gasteiger partial charge in [-0.3, -0.25) is 8.42 Å².